The molecule has 1 aromatic carbocycles. The Balaban J connectivity index is 2.46. The number of nitrogens with zero attached hydrogens (tertiary/aromatic N) is 1. The zero-order chi connectivity index (χ0) is 12.0. The van der Waals surface area contributed by atoms with E-state index in [2.05, 4.69) is 15.9 Å². The molecule has 1 aromatic rings. The highest BCUT2D eigenvalue weighted by molar-refractivity contribution is 9.10. The molecule has 0 unspecified atom stereocenters. The van der Waals surface area contributed by atoms with Crippen LogP contribution in [0.3, 0.4) is 0 Å². The van der Waals surface area contributed by atoms with Crippen molar-refractivity contribution in [3.8, 4) is 0 Å². The molecule has 0 heterocycles. The van der Waals surface area contributed by atoms with Gasteiger partial charge in [0.15, 0.2) is 0 Å². The second-order valence-electron chi connectivity index (χ2n) is 3.63. The van der Waals surface area contributed by atoms with Crippen LogP contribution in [0, 0.1) is 0 Å². The van der Waals surface area contributed by atoms with E-state index in [1.54, 1.807) is 11.9 Å². The number of aliphatic hydroxyl groups excluding tert-OH is 1. The Hall–Kier alpha value is -0.870. The van der Waals surface area contributed by atoms with Crippen LogP contribution in [0.15, 0.2) is 28.7 Å². The molecule has 0 fully saturated rings. The smallest absolute Gasteiger partial charge is 0.224 e. The van der Waals surface area contributed by atoms with Crippen LogP contribution in [-0.2, 0) is 11.2 Å². The fourth-order valence-electron chi connectivity index (χ4n) is 1.40. The molecule has 0 saturated carbocycles. The van der Waals surface area contributed by atoms with E-state index in [1.807, 2.05) is 24.3 Å². The molecular formula is C12H16BrNO2. The predicted molar refractivity (Wildman–Crippen MR) is 67.2 cm³/mol. The summed E-state index contributed by atoms with van der Waals surface area (Å²) in [7, 11) is 1.76. The number of carbonyl (C=O) groups is 1. The van der Waals surface area contributed by atoms with Crippen LogP contribution in [0.4, 0.5) is 0 Å². The average molecular weight is 286 g/mol. The van der Waals surface area contributed by atoms with Gasteiger partial charge in [-0.25, -0.2) is 0 Å². The first-order valence-corrected chi connectivity index (χ1v) is 6.02. The van der Waals surface area contributed by atoms with E-state index in [9.17, 15) is 4.79 Å². The first-order chi connectivity index (χ1) is 7.65. The Morgan fingerprint density at radius 3 is 2.75 bits per heavy atom. The van der Waals surface area contributed by atoms with Gasteiger partial charge >= 0.3 is 0 Å². The number of carbonyl (C=O) groups excluding carboxylic acids is 1. The minimum Gasteiger partial charge on any atom is -0.396 e. The monoisotopic (exact) mass is 285 g/mol. The van der Waals surface area contributed by atoms with Crippen LogP contribution in [-0.4, -0.2) is 36.1 Å². The van der Waals surface area contributed by atoms with Crippen molar-refractivity contribution in [1.82, 2.24) is 4.90 Å². The summed E-state index contributed by atoms with van der Waals surface area (Å²) in [4.78, 5) is 13.1. The van der Waals surface area contributed by atoms with Gasteiger partial charge in [0, 0.05) is 24.5 Å². The Morgan fingerprint density at radius 1 is 1.44 bits per heavy atom. The summed E-state index contributed by atoms with van der Waals surface area (Å²) in [6, 6.07) is 7.98. The largest absolute Gasteiger partial charge is 0.396 e. The lowest BCUT2D eigenvalue weighted by Crippen LogP contribution is -2.29. The van der Waals surface area contributed by atoms with Gasteiger partial charge < -0.3 is 10.0 Å². The SMILES string of the molecule is CN(CCc1ccccc1Br)C(=O)CCO. The zero-order valence-corrected chi connectivity index (χ0v) is 10.9. The summed E-state index contributed by atoms with van der Waals surface area (Å²) in [5.41, 5.74) is 1.19. The average Bonchev–Trinajstić information content (AvgIpc) is 2.28. The number of halogens is 1. The molecule has 0 aliphatic rings. The first kappa shape index (κ1) is 13.2. The van der Waals surface area contributed by atoms with Crippen molar-refractivity contribution in [1.29, 1.82) is 0 Å². The molecule has 0 aromatic heterocycles. The number of rotatable bonds is 5. The molecule has 4 heteroatoms. The van der Waals surface area contributed by atoms with Crippen molar-refractivity contribution >= 4 is 21.8 Å². The standard InChI is InChI=1S/C12H16BrNO2/c1-14(12(16)7-9-15)8-6-10-4-2-3-5-11(10)13/h2-5,15H,6-9H2,1H3. The van der Waals surface area contributed by atoms with Crippen LogP contribution in [0.25, 0.3) is 0 Å². The summed E-state index contributed by atoms with van der Waals surface area (Å²) >= 11 is 3.47. The van der Waals surface area contributed by atoms with E-state index >= 15 is 0 Å². The number of likely N-dealkylation sites (N-methyl/N-ethyl adjacent to an activating group) is 1. The maximum Gasteiger partial charge on any atom is 0.224 e. The van der Waals surface area contributed by atoms with Gasteiger partial charge in [0.1, 0.15) is 0 Å². The normalized spacial score (nSPS) is 10.2. The Morgan fingerprint density at radius 2 is 2.12 bits per heavy atom. The van der Waals surface area contributed by atoms with Gasteiger partial charge in [-0.15, -0.1) is 0 Å². The minimum absolute atomic E-state index is 0.0189. The highest BCUT2D eigenvalue weighted by Crippen LogP contribution is 2.16. The van der Waals surface area contributed by atoms with E-state index < -0.39 is 0 Å². The molecule has 88 valence electrons. The first-order valence-electron chi connectivity index (χ1n) is 5.23. The van der Waals surface area contributed by atoms with Crippen molar-refractivity contribution in [2.24, 2.45) is 0 Å². The van der Waals surface area contributed by atoms with Gasteiger partial charge in [0.05, 0.1) is 6.61 Å². The van der Waals surface area contributed by atoms with Crippen molar-refractivity contribution in [3.05, 3.63) is 34.3 Å². The lowest BCUT2D eigenvalue weighted by atomic mass is 10.1. The molecule has 1 N–H and O–H groups in total. The highest BCUT2D eigenvalue weighted by Gasteiger charge is 2.08. The molecule has 1 amide bonds. The van der Waals surface area contributed by atoms with E-state index in [4.69, 9.17) is 5.11 Å². The van der Waals surface area contributed by atoms with Gasteiger partial charge in [-0.3, -0.25) is 4.79 Å². The topological polar surface area (TPSA) is 40.5 Å². The number of benzene rings is 1. The molecule has 0 radical (unpaired) electrons. The third kappa shape index (κ3) is 3.94. The maximum atomic E-state index is 11.4. The minimum atomic E-state index is -0.0851. The molecule has 0 spiro atoms. The molecule has 3 nitrogen and oxygen atoms in total. The van der Waals surface area contributed by atoms with Gasteiger partial charge in [-0.2, -0.15) is 0 Å². The van der Waals surface area contributed by atoms with Crippen LogP contribution >= 0.6 is 15.9 Å². The third-order valence-corrected chi connectivity index (χ3v) is 3.20. The Bertz CT molecular complexity index is 355. The van der Waals surface area contributed by atoms with Crippen molar-refractivity contribution in [2.75, 3.05) is 20.2 Å². The van der Waals surface area contributed by atoms with Crippen molar-refractivity contribution < 1.29 is 9.90 Å². The third-order valence-electron chi connectivity index (χ3n) is 2.43. The Labute approximate surface area is 104 Å². The molecule has 1 rings (SSSR count). The molecule has 0 saturated heterocycles. The van der Waals surface area contributed by atoms with Crippen molar-refractivity contribution in [3.63, 3.8) is 0 Å². The van der Waals surface area contributed by atoms with Gasteiger partial charge in [0.25, 0.3) is 0 Å². The molecule has 0 aliphatic carbocycles. The van der Waals surface area contributed by atoms with Gasteiger partial charge in [0.2, 0.25) is 5.91 Å². The lowest BCUT2D eigenvalue weighted by Gasteiger charge is -2.16. The number of hydrogen-bond donors (Lipinski definition) is 1. The highest BCUT2D eigenvalue weighted by atomic mass is 79.9. The van der Waals surface area contributed by atoms with E-state index in [0.717, 1.165) is 10.9 Å². The van der Waals surface area contributed by atoms with Crippen LogP contribution in [0.2, 0.25) is 0 Å². The predicted octanol–water partition coefficient (Wildman–Crippen LogP) is 1.83. The quantitative estimate of drug-likeness (QED) is 0.897. The zero-order valence-electron chi connectivity index (χ0n) is 9.32. The fraction of sp³-hybridized carbons (Fsp3) is 0.417. The van der Waals surface area contributed by atoms with Crippen LogP contribution in [0.5, 0.6) is 0 Å². The summed E-state index contributed by atoms with van der Waals surface area (Å²) in [6.45, 7) is 0.583. The van der Waals surface area contributed by atoms with Gasteiger partial charge in [-0.05, 0) is 18.1 Å². The van der Waals surface area contributed by atoms with Gasteiger partial charge in [-0.1, -0.05) is 34.1 Å². The second-order valence-corrected chi connectivity index (χ2v) is 4.48. The van der Waals surface area contributed by atoms with Crippen LogP contribution < -0.4 is 0 Å². The van der Waals surface area contributed by atoms with Crippen molar-refractivity contribution in [2.45, 2.75) is 12.8 Å². The molecular weight excluding hydrogens is 270 g/mol. The number of hydrogen-bond acceptors (Lipinski definition) is 2. The summed E-state index contributed by atoms with van der Waals surface area (Å²) < 4.78 is 1.07. The van der Waals surface area contributed by atoms with E-state index in [0.29, 0.717) is 6.54 Å². The molecule has 0 bridgehead atoms. The van der Waals surface area contributed by atoms with E-state index in [1.165, 1.54) is 5.56 Å². The molecule has 16 heavy (non-hydrogen) atoms. The molecule has 0 atom stereocenters. The van der Waals surface area contributed by atoms with Crippen LogP contribution in [0.1, 0.15) is 12.0 Å². The summed E-state index contributed by atoms with van der Waals surface area (Å²) in [6.07, 6.45) is 1.02. The Kier molecular flexibility index (Phi) is 5.49. The van der Waals surface area contributed by atoms with E-state index in [-0.39, 0.29) is 18.9 Å². The second kappa shape index (κ2) is 6.66. The fourth-order valence-corrected chi connectivity index (χ4v) is 1.88. The molecule has 0 aliphatic heterocycles. The number of aliphatic hydroxyl groups is 1. The summed E-state index contributed by atoms with van der Waals surface area (Å²) in [5, 5.41) is 8.66. The lowest BCUT2D eigenvalue weighted by molar-refractivity contribution is -0.130. The number of amides is 1. The summed E-state index contributed by atoms with van der Waals surface area (Å²) in [5.74, 6) is -0.0189. The maximum absolute atomic E-state index is 11.4.